The fourth-order valence-electron chi connectivity index (χ4n) is 2.09. The van der Waals surface area contributed by atoms with Crippen molar-refractivity contribution < 1.29 is 14.6 Å². The van der Waals surface area contributed by atoms with Crippen molar-refractivity contribution in [3.8, 4) is 0 Å². The van der Waals surface area contributed by atoms with Gasteiger partial charge in [0.15, 0.2) is 0 Å². The number of ether oxygens (including phenoxy) is 1. The van der Waals surface area contributed by atoms with Gasteiger partial charge in [-0.05, 0) is 25.2 Å². The molecule has 0 saturated carbocycles. The van der Waals surface area contributed by atoms with Crippen LogP contribution in [0.25, 0.3) is 0 Å². The molecule has 2 atom stereocenters. The Hall–Kier alpha value is -0.650. The van der Waals surface area contributed by atoms with Crippen molar-refractivity contribution in [2.24, 2.45) is 16.6 Å². The van der Waals surface area contributed by atoms with Gasteiger partial charge in [0.05, 0.1) is 18.6 Å². The lowest BCUT2D eigenvalue weighted by Gasteiger charge is -2.30. The zero-order chi connectivity index (χ0) is 13.8. The minimum Gasteiger partial charge on any atom is -0.396 e. The van der Waals surface area contributed by atoms with Crippen molar-refractivity contribution in [2.45, 2.75) is 39.7 Å². The van der Waals surface area contributed by atoms with Crippen LogP contribution >= 0.6 is 0 Å². The van der Waals surface area contributed by atoms with E-state index in [9.17, 15) is 4.79 Å². The molecule has 2 unspecified atom stereocenters. The number of hydrogen-bond acceptors (Lipinski definition) is 4. The van der Waals surface area contributed by atoms with E-state index >= 15 is 0 Å². The maximum atomic E-state index is 12.2. The predicted octanol–water partition coefficient (Wildman–Crippen LogP) is 0.265. The second-order valence-corrected chi connectivity index (χ2v) is 6.21. The third-order valence-corrected chi connectivity index (χ3v) is 3.78. The molecular formula is C13H26N2O3. The third-order valence-electron chi connectivity index (χ3n) is 3.78. The van der Waals surface area contributed by atoms with Gasteiger partial charge >= 0.3 is 0 Å². The molecular weight excluding hydrogens is 232 g/mol. The lowest BCUT2D eigenvalue weighted by Crippen LogP contribution is -2.51. The normalized spacial score (nSPS) is 28.4. The summed E-state index contributed by atoms with van der Waals surface area (Å²) >= 11 is 0. The number of nitrogens with one attached hydrogen (secondary N) is 1. The number of nitrogens with two attached hydrogens (primary N) is 1. The van der Waals surface area contributed by atoms with E-state index in [0.29, 0.717) is 19.8 Å². The van der Waals surface area contributed by atoms with Crippen molar-refractivity contribution in [1.82, 2.24) is 5.32 Å². The summed E-state index contributed by atoms with van der Waals surface area (Å²) in [6.07, 6.45) is 1.63. The van der Waals surface area contributed by atoms with Crippen LogP contribution in [0.1, 0.15) is 33.6 Å². The molecule has 1 aliphatic rings. The highest BCUT2D eigenvalue weighted by molar-refractivity contribution is 5.83. The van der Waals surface area contributed by atoms with E-state index in [4.69, 9.17) is 15.6 Å². The van der Waals surface area contributed by atoms with Crippen molar-refractivity contribution in [3.63, 3.8) is 0 Å². The highest BCUT2D eigenvalue weighted by Gasteiger charge is 2.44. The van der Waals surface area contributed by atoms with Crippen LogP contribution < -0.4 is 11.1 Å². The monoisotopic (exact) mass is 258 g/mol. The molecule has 0 aromatic carbocycles. The van der Waals surface area contributed by atoms with E-state index in [1.165, 1.54) is 0 Å². The van der Waals surface area contributed by atoms with Gasteiger partial charge in [-0.2, -0.15) is 0 Å². The maximum absolute atomic E-state index is 12.2. The van der Waals surface area contributed by atoms with Crippen LogP contribution in [0.5, 0.6) is 0 Å². The molecule has 0 bridgehead atoms. The second kappa shape index (κ2) is 5.99. The third kappa shape index (κ3) is 3.67. The first-order chi connectivity index (χ1) is 8.32. The largest absolute Gasteiger partial charge is 0.396 e. The number of hydrogen-bond donors (Lipinski definition) is 3. The summed E-state index contributed by atoms with van der Waals surface area (Å²) < 4.78 is 5.27. The summed E-state index contributed by atoms with van der Waals surface area (Å²) in [4.78, 5) is 12.2. The fraction of sp³-hybridized carbons (Fsp3) is 0.923. The molecule has 1 heterocycles. The number of aliphatic hydroxyl groups excluding tert-OH is 1. The Balaban J connectivity index is 2.45. The van der Waals surface area contributed by atoms with Crippen molar-refractivity contribution in [3.05, 3.63) is 0 Å². The molecule has 1 fully saturated rings. The molecule has 106 valence electrons. The van der Waals surface area contributed by atoms with Crippen LogP contribution in [0.15, 0.2) is 0 Å². The van der Waals surface area contributed by atoms with Crippen molar-refractivity contribution in [2.75, 3.05) is 26.4 Å². The summed E-state index contributed by atoms with van der Waals surface area (Å²) in [6.45, 7) is 7.62. The average Bonchev–Trinajstić information content (AvgIpc) is 2.65. The number of amides is 1. The molecule has 0 aromatic rings. The first-order valence-corrected chi connectivity index (χ1v) is 6.54. The summed E-state index contributed by atoms with van der Waals surface area (Å²) in [5, 5.41) is 11.8. The number of carbonyl (C=O) groups is 1. The van der Waals surface area contributed by atoms with Crippen LogP contribution in [0.4, 0.5) is 0 Å². The Kier molecular flexibility index (Phi) is 5.13. The molecule has 1 rings (SSSR count). The van der Waals surface area contributed by atoms with Gasteiger partial charge in [-0.15, -0.1) is 0 Å². The smallest absolute Gasteiger partial charge is 0.229 e. The van der Waals surface area contributed by atoms with Gasteiger partial charge in [-0.25, -0.2) is 0 Å². The van der Waals surface area contributed by atoms with Gasteiger partial charge in [-0.3, -0.25) is 4.79 Å². The summed E-state index contributed by atoms with van der Waals surface area (Å²) in [5.74, 6) is -0.0374. The Morgan fingerprint density at radius 3 is 2.78 bits per heavy atom. The molecule has 18 heavy (non-hydrogen) atoms. The van der Waals surface area contributed by atoms with Crippen LogP contribution in [-0.2, 0) is 9.53 Å². The van der Waals surface area contributed by atoms with Crippen LogP contribution in [0.2, 0.25) is 0 Å². The zero-order valence-corrected chi connectivity index (χ0v) is 11.7. The summed E-state index contributed by atoms with van der Waals surface area (Å²) in [6, 6.07) is -0.238. The van der Waals surface area contributed by atoms with Gasteiger partial charge in [0, 0.05) is 19.2 Å². The van der Waals surface area contributed by atoms with Crippen LogP contribution in [-0.4, -0.2) is 43.4 Å². The molecule has 0 spiro atoms. The highest BCUT2D eigenvalue weighted by Crippen LogP contribution is 2.28. The lowest BCUT2D eigenvalue weighted by atomic mass is 9.83. The Bertz CT molecular complexity index is 294. The SMILES string of the molecule is CC(C)(CCCO)CNC(=O)C1(C)COCC1N. The summed E-state index contributed by atoms with van der Waals surface area (Å²) in [7, 11) is 0. The quantitative estimate of drug-likeness (QED) is 0.638. The maximum Gasteiger partial charge on any atom is 0.229 e. The van der Waals surface area contributed by atoms with Gasteiger partial charge in [0.2, 0.25) is 5.91 Å². The predicted molar refractivity (Wildman–Crippen MR) is 70.0 cm³/mol. The van der Waals surface area contributed by atoms with E-state index in [1.54, 1.807) is 0 Å². The standard InChI is InChI=1S/C13H26N2O3/c1-12(2,5-4-6-16)8-15-11(17)13(3)9-18-7-10(13)14/h10,16H,4-9,14H2,1-3H3,(H,15,17). The molecule has 5 heteroatoms. The summed E-state index contributed by atoms with van der Waals surface area (Å²) in [5.41, 5.74) is 5.28. The highest BCUT2D eigenvalue weighted by atomic mass is 16.5. The number of rotatable bonds is 6. The topological polar surface area (TPSA) is 84.6 Å². The van der Waals surface area contributed by atoms with E-state index in [0.717, 1.165) is 12.8 Å². The van der Waals surface area contributed by atoms with E-state index < -0.39 is 5.41 Å². The Labute approximate surface area is 109 Å². The Morgan fingerprint density at radius 2 is 2.28 bits per heavy atom. The molecule has 4 N–H and O–H groups in total. The molecule has 1 aliphatic heterocycles. The number of aliphatic hydroxyl groups is 1. The molecule has 0 aliphatic carbocycles. The van der Waals surface area contributed by atoms with E-state index in [2.05, 4.69) is 19.2 Å². The van der Waals surface area contributed by atoms with Gasteiger partial charge in [0.25, 0.3) is 0 Å². The first-order valence-electron chi connectivity index (χ1n) is 6.54. The molecule has 0 radical (unpaired) electrons. The van der Waals surface area contributed by atoms with E-state index in [-0.39, 0.29) is 24.0 Å². The second-order valence-electron chi connectivity index (χ2n) is 6.21. The zero-order valence-electron chi connectivity index (χ0n) is 11.7. The molecule has 0 aromatic heterocycles. The van der Waals surface area contributed by atoms with E-state index in [1.807, 2.05) is 6.92 Å². The van der Waals surface area contributed by atoms with Crippen molar-refractivity contribution >= 4 is 5.91 Å². The number of carbonyl (C=O) groups excluding carboxylic acids is 1. The minimum absolute atomic E-state index is 0.0156. The van der Waals surface area contributed by atoms with Crippen LogP contribution in [0, 0.1) is 10.8 Å². The minimum atomic E-state index is -0.618. The van der Waals surface area contributed by atoms with Gasteiger partial charge < -0.3 is 20.9 Å². The first kappa shape index (κ1) is 15.4. The van der Waals surface area contributed by atoms with Crippen LogP contribution in [0.3, 0.4) is 0 Å². The molecule has 1 saturated heterocycles. The van der Waals surface area contributed by atoms with Gasteiger partial charge in [-0.1, -0.05) is 13.8 Å². The molecule has 1 amide bonds. The average molecular weight is 258 g/mol. The van der Waals surface area contributed by atoms with Crippen molar-refractivity contribution in [1.29, 1.82) is 0 Å². The molecule has 5 nitrogen and oxygen atoms in total. The van der Waals surface area contributed by atoms with Gasteiger partial charge in [0.1, 0.15) is 0 Å². The lowest BCUT2D eigenvalue weighted by molar-refractivity contribution is -0.131. The fourth-order valence-corrected chi connectivity index (χ4v) is 2.09. The Morgan fingerprint density at radius 1 is 1.61 bits per heavy atom.